The molecule has 1 unspecified atom stereocenters. The molecule has 1 spiro atoms. The highest BCUT2D eigenvalue weighted by Gasteiger charge is 2.52. The van der Waals surface area contributed by atoms with Crippen LogP contribution in [0.25, 0.3) is 0 Å². The topological polar surface area (TPSA) is 46.5 Å². The third kappa shape index (κ3) is 4.39. The highest BCUT2D eigenvalue weighted by atomic mass is 19.3. The molecular formula is C29H29F2N3O3. The molecule has 1 fully saturated rings. The normalized spacial score (nSPS) is 20.3. The molecule has 1 saturated heterocycles. The van der Waals surface area contributed by atoms with Crippen LogP contribution in [0.2, 0.25) is 0 Å². The molecule has 0 radical (unpaired) electrons. The van der Waals surface area contributed by atoms with Gasteiger partial charge in [0.05, 0.1) is 18.9 Å². The molecule has 0 amide bonds. The second-order valence-corrected chi connectivity index (χ2v) is 9.67. The Morgan fingerprint density at radius 1 is 0.973 bits per heavy atom. The van der Waals surface area contributed by atoms with Gasteiger partial charge in [0.15, 0.2) is 11.5 Å². The lowest BCUT2D eigenvalue weighted by Crippen LogP contribution is -2.59. The van der Waals surface area contributed by atoms with Crippen molar-refractivity contribution in [2.45, 2.75) is 44.2 Å². The van der Waals surface area contributed by atoms with Crippen LogP contribution >= 0.6 is 0 Å². The Kier molecular flexibility index (Phi) is 6.20. The maximum atomic E-state index is 13.1. The number of hydrogen-bond donors (Lipinski definition) is 0. The number of methoxy groups -OCH3 is 1. The SMILES string of the molecule is COc1cccc2c1OC1(CCN(Cc3ccccc3)CC1)N1N=C(c3ccccc3OC(F)F)CC21. The van der Waals surface area contributed by atoms with E-state index in [-0.39, 0.29) is 11.8 Å². The molecule has 192 valence electrons. The van der Waals surface area contributed by atoms with E-state index in [4.69, 9.17) is 19.3 Å². The molecule has 0 N–H and O–H groups in total. The van der Waals surface area contributed by atoms with Crippen LogP contribution < -0.4 is 14.2 Å². The first kappa shape index (κ1) is 23.7. The van der Waals surface area contributed by atoms with Gasteiger partial charge in [0, 0.05) is 50.0 Å². The number of likely N-dealkylation sites (tertiary alicyclic amines) is 1. The maximum absolute atomic E-state index is 13.1. The summed E-state index contributed by atoms with van der Waals surface area (Å²) in [5.74, 6) is 1.57. The van der Waals surface area contributed by atoms with Crippen LogP contribution in [0.1, 0.15) is 42.0 Å². The van der Waals surface area contributed by atoms with Crippen molar-refractivity contribution in [3.05, 3.63) is 89.5 Å². The quantitative estimate of drug-likeness (QED) is 0.422. The molecule has 6 rings (SSSR count). The van der Waals surface area contributed by atoms with Crippen molar-refractivity contribution in [1.29, 1.82) is 0 Å². The Labute approximate surface area is 215 Å². The predicted molar refractivity (Wildman–Crippen MR) is 136 cm³/mol. The Morgan fingerprint density at radius 3 is 2.46 bits per heavy atom. The number of para-hydroxylation sites is 2. The summed E-state index contributed by atoms with van der Waals surface area (Å²) in [4.78, 5) is 2.43. The first-order valence-electron chi connectivity index (χ1n) is 12.6. The lowest BCUT2D eigenvalue weighted by molar-refractivity contribution is -0.151. The minimum absolute atomic E-state index is 0.0888. The zero-order chi connectivity index (χ0) is 25.4. The van der Waals surface area contributed by atoms with Gasteiger partial charge in [-0.2, -0.15) is 13.9 Å². The summed E-state index contributed by atoms with van der Waals surface area (Å²) in [6, 6.07) is 23.1. The Morgan fingerprint density at radius 2 is 1.70 bits per heavy atom. The summed E-state index contributed by atoms with van der Waals surface area (Å²) in [6.45, 7) is -0.330. The Bertz CT molecular complexity index is 1290. The fourth-order valence-corrected chi connectivity index (χ4v) is 5.73. The summed E-state index contributed by atoms with van der Waals surface area (Å²) in [5, 5.41) is 7.10. The molecule has 1 atom stereocenters. The number of hydrogen-bond acceptors (Lipinski definition) is 6. The summed E-state index contributed by atoms with van der Waals surface area (Å²) in [5.41, 5.74) is 2.91. The third-order valence-electron chi connectivity index (χ3n) is 7.51. The van der Waals surface area contributed by atoms with Gasteiger partial charge in [0.2, 0.25) is 5.72 Å². The van der Waals surface area contributed by atoms with Crippen LogP contribution in [0, 0.1) is 0 Å². The number of fused-ring (bicyclic) bond motifs is 4. The summed E-state index contributed by atoms with van der Waals surface area (Å²) >= 11 is 0. The van der Waals surface area contributed by atoms with E-state index in [1.165, 1.54) is 5.56 Å². The van der Waals surface area contributed by atoms with Gasteiger partial charge >= 0.3 is 6.61 Å². The van der Waals surface area contributed by atoms with Crippen LogP contribution in [-0.2, 0) is 6.54 Å². The van der Waals surface area contributed by atoms with E-state index in [1.807, 2.05) is 30.3 Å². The summed E-state index contributed by atoms with van der Waals surface area (Å²) in [6.07, 6.45) is 2.06. The van der Waals surface area contributed by atoms with Gasteiger partial charge in [-0.05, 0) is 23.8 Å². The van der Waals surface area contributed by atoms with Gasteiger partial charge in [-0.15, -0.1) is 0 Å². The van der Waals surface area contributed by atoms with Crippen molar-refractivity contribution in [3.8, 4) is 17.2 Å². The minimum atomic E-state index is -2.90. The van der Waals surface area contributed by atoms with Gasteiger partial charge in [0.1, 0.15) is 5.75 Å². The van der Waals surface area contributed by atoms with E-state index in [0.717, 1.165) is 43.8 Å². The maximum Gasteiger partial charge on any atom is 0.387 e. The molecule has 0 saturated carbocycles. The lowest BCUT2D eigenvalue weighted by atomic mass is 9.90. The number of alkyl halides is 2. The molecule has 37 heavy (non-hydrogen) atoms. The zero-order valence-electron chi connectivity index (χ0n) is 20.6. The van der Waals surface area contributed by atoms with Gasteiger partial charge in [0.25, 0.3) is 0 Å². The fourth-order valence-electron chi connectivity index (χ4n) is 5.73. The van der Waals surface area contributed by atoms with Crippen LogP contribution in [0.15, 0.2) is 77.9 Å². The standard InChI is InChI=1S/C29H29F2N3O3/c1-35-26-13-7-11-22-24-18-23(21-10-5-6-12-25(21)36-28(30)31)32-34(24)29(37-27(22)26)14-16-33(17-15-29)19-20-8-3-2-4-9-20/h2-13,24,28H,14-19H2,1H3. The van der Waals surface area contributed by atoms with E-state index < -0.39 is 12.3 Å². The van der Waals surface area contributed by atoms with Crippen molar-refractivity contribution in [1.82, 2.24) is 9.91 Å². The van der Waals surface area contributed by atoms with Gasteiger partial charge in [-0.1, -0.05) is 54.6 Å². The molecule has 3 heterocycles. The van der Waals surface area contributed by atoms with Gasteiger partial charge in [-0.3, -0.25) is 4.90 Å². The molecule has 3 aromatic rings. The van der Waals surface area contributed by atoms with Crippen molar-refractivity contribution >= 4 is 5.71 Å². The van der Waals surface area contributed by atoms with E-state index in [2.05, 4.69) is 34.2 Å². The minimum Gasteiger partial charge on any atom is -0.493 e. The fraction of sp³-hybridized carbons (Fsp3) is 0.345. The van der Waals surface area contributed by atoms with Gasteiger partial charge in [-0.25, -0.2) is 5.01 Å². The molecule has 0 bridgehead atoms. The van der Waals surface area contributed by atoms with E-state index >= 15 is 0 Å². The lowest BCUT2D eigenvalue weighted by Gasteiger charge is -2.51. The zero-order valence-corrected chi connectivity index (χ0v) is 20.6. The number of nitrogens with zero attached hydrogens (tertiary/aromatic N) is 3. The van der Waals surface area contributed by atoms with Crippen LogP contribution in [0.4, 0.5) is 8.78 Å². The number of ether oxygens (including phenoxy) is 3. The number of piperidine rings is 1. The number of rotatable bonds is 6. The van der Waals surface area contributed by atoms with Crippen LogP contribution in [-0.4, -0.2) is 48.2 Å². The predicted octanol–water partition coefficient (Wildman–Crippen LogP) is 5.83. The molecule has 0 aliphatic carbocycles. The summed E-state index contributed by atoms with van der Waals surface area (Å²) < 4.78 is 43.6. The van der Waals surface area contributed by atoms with Crippen molar-refractivity contribution < 1.29 is 23.0 Å². The number of benzene rings is 3. The Balaban J connectivity index is 1.34. The smallest absolute Gasteiger partial charge is 0.387 e. The summed E-state index contributed by atoms with van der Waals surface area (Å²) in [7, 11) is 1.65. The van der Waals surface area contributed by atoms with Crippen molar-refractivity contribution in [2.24, 2.45) is 5.10 Å². The Hall–Kier alpha value is -3.65. The van der Waals surface area contributed by atoms with Crippen LogP contribution in [0.3, 0.4) is 0 Å². The number of halogens is 2. The van der Waals surface area contributed by atoms with E-state index in [1.54, 1.807) is 25.3 Å². The van der Waals surface area contributed by atoms with Crippen molar-refractivity contribution in [3.63, 3.8) is 0 Å². The van der Waals surface area contributed by atoms with Gasteiger partial charge < -0.3 is 14.2 Å². The average molecular weight is 506 g/mol. The first-order valence-corrected chi connectivity index (χ1v) is 12.6. The van der Waals surface area contributed by atoms with Crippen molar-refractivity contribution in [2.75, 3.05) is 20.2 Å². The third-order valence-corrected chi connectivity index (χ3v) is 7.51. The molecule has 8 heteroatoms. The number of hydrazone groups is 1. The second-order valence-electron chi connectivity index (χ2n) is 9.67. The highest BCUT2D eigenvalue weighted by molar-refractivity contribution is 6.04. The molecule has 3 aliphatic rings. The molecule has 6 nitrogen and oxygen atoms in total. The molecule has 0 aromatic heterocycles. The first-order chi connectivity index (χ1) is 18.1. The van der Waals surface area contributed by atoms with E-state index in [0.29, 0.717) is 23.4 Å². The van der Waals surface area contributed by atoms with E-state index in [9.17, 15) is 8.78 Å². The molecular weight excluding hydrogens is 476 g/mol. The second kappa shape index (κ2) is 9.67. The molecule has 3 aromatic carbocycles. The highest BCUT2D eigenvalue weighted by Crippen LogP contribution is 2.53. The monoisotopic (exact) mass is 505 g/mol. The average Bonchev–Trinajstić information content (AvgIpc) is 3.37. The molecule has 3 aliphatic heterocycles. The van der Waals surface area contributed by atoms with Crippen LogP contribution in [0.5, 0.6) is 17.2 Å². The largest absolute Gasteiger partial charge is 0.493 e.